The van der Waals surface area contributed by atoms with Gasteiger partial charge in [-0.3, -0.25) is 9.55 Å². The highest BCUT2D eigenvalue weighted by molar-refractivity contribution is 7.91. The van der Waals surface area contributed by atoms with E-state index in [1.807, 2.05) is 52.0 Å². The van der Waals surface area contributed by atoms with Crippen molar-refractivity contribution in [1.82, 2.24) is 29.7 Å². The van der Waals surface area contributed by atoms with Crippen LogP contribution in [0.4, 0.5) is 0 Å². The zero-order valence-corrected chi connectivity index (χ0v) is 23.2. The first kappa shape index (κ1) is 27.3. The van der Waals surface area contributed by atoms with Crippen LogP contribution in [0, 0.1) is 20.8 Å². The van der Waals surface area contributed by atoms with Crippen molar-refractivity contribution >= 4 is 9.84 Å². The summed E-state index contributed by atoms with van der Waals surface area (Å²) in [5.41, 5.74) is 4.06. The molecule has 0 N–H and O–H groups in total. The summed E-state index contributed by atoms with van der Waals surface area (Å²) < 4.78 is 40.9. The fraction of sp³-hybridized carbons (Fsp3) is 0.370. The van der Waals surface area contributed by atoms with Crippen LogP contribution in [0.15, 0.2) is 49.1 Å². The number of para-hydroxylation sites is 1. The van der Waals surface area contributed by atoms with Gasteiger partial charge < -0.3 is 9.47 Å². The third-order valence-corrected chi connectivity index (χ3v) is 8.27. The maximum Gasteiger partial charge on any atom is 0.170 e. The Kier molecular flexibility index (Phi) is 8.17. The molecular formula is C27H32N6O4S. The molecule has 200 valence electrons. The smallest absolute Gasteiger partial charge is 0.170 e. The minimum absolute atomic E-state index is 0.251. The molecule has 4 rings (SSSR count). The van der Waals surface area contributed by atoms with Crippen molar-refractivity contribution in [3.63, 3.8) is 0 Å². The number of methoxy groups -OCH3 is 1. The summed E-state index contributed by atoms with van der Waals surface area (Å²) in [4.78, 5) is 13.0. The highest BCUT2D eigenvalue weighted by Gasteiger charge is 2.35. The molecule has 0 amide bonds. The Balaban J connectivity index is 1.82. The second kappa shape index (κ2) is 11.4. The van der Waals surface area contributed by atoms with Crippen molar-refractivity contribution in [2.75, 3.05) is 13.7 Å². The Bertz CT molecular complexity index is 1520. The summed E-state index contributed by atoms with van der Waals surface area (Å²) in [6, 6.07) is 7.56. The van der Waals surface area contributed by atoms with Gasteiger partial charge in [-0.05, 0) is 63.4 Å². The van der Waals surface area contributed by atoms with Gasteiger partial charge >= 0.3 is 0 Å². The van der Waals surface area contributed by atoms with E-state index in [0.717, 1.165) is 16.7 Å². The van der Waals surface area contributed by atoms with Crippen LogP contribution >= 0.6 is 0 Å². The largest absolute Gasteiger partial charge is 0.495 e. The quantitative estimate of drug-likeness (QED) is 0.294. The normalized spacial score (nSPS) is 13.3. The Morgan fingerprint density at radius 3 is 2.39 bits per heavy atom. The Morgan fingerprint density at radius 2 is 1.74 bits per heavy atom. The van der Waals surface area contributed by atoms with Gasteiger partial charge in [0.1, 0.15) is 17.6 Å². The molecule has 3 aromatic heterocycles. The average molecular weight is 537 g/mol. The Labute approximate surface area is 223 Å². The van der Waals surface area contributed by atoms with Crippen LogP contribution in [0.2, 0.25) is 0 Å². The van der Waals surface area contributed by atoms with E-state index in [2.05, 4.69) is 25.1 Å². The monoisotopic (exact) mass is 536 g/mol. The van der Waals surface area contributed by atoms with Gasteiger partial charge in [0.05, 0.1) is 18.0 Å². The van der Waals surface area contributed by atoms with Crippen molar-refractivity contribution in [1.29, 1.82) is 0 Å². The van der Waals surface area contributed by atoms with Crippen LogP contribution in [-0.2, 0) is 20.3 Å². The summed E-state index contributed by atoms with van der Waals surface area (Å²) in [6.45, 7) is 9.45. The molecule has 0 aliphatic carbocycles. The molecule has 0 fully saturated rings. The molecule has 3 heterocycles. The lowest BCUT2D eigenvalue weighted by Gasteiger charge is -2.23. The molecule has 2 atom stereocenters. The topological polar surface area (TPSA) is 122 Å². The van der Waals surface area contributed by atoms with Gasteiger partial charge in [-0.1, -0.05) is 12.1 Å². The van der Waals surface area contributed by atoms with Gasteiger partial charge in [-0.2, -0.15) is 0 Å². The highest BCUT2D eigenvalue weighted by Crippen LogP contribution is 2.33. The Hall–Kier alpha value is -3.70. The van der Waals surface area contributed by atoms with E-state index in [4.69, 9.17) is 9.47 Å². The molecule has 0 aliphatic heterocycles. The number of aromatic nitrogens is 6. The molecule has 38 heavy (non-hydrogen) atoms. The van der Waals surface area contributed by atoms with Crippen molar-refractivity contribution in [3.05, 3.63) is 77.4 Å². The van der Waals surface area contributed by atoms with Crippen LogP contribution in [-0.4, -0.2) is 57.1 Å². The van der Waals surface area contributed by atoms with Crippen LogP contribution < -0.4 is 4.74 Å². The fourth-order valence-corrected chi connectivity index (χ4v) is 5.63. The van der Waals surface area contributed by atoms with Crippen LogP contribution in [0.3, 0.4) is 0 Å². The first-order valence-corrected chi connectivity index (χ1v) is 14.0. The molecule has 0 saturated carbocycles. The van der Waals surface area contributed by atoms with Gasteiger partial charge in [0.15, 0.2) is 27.3 Å². The van der Waals surface area contributed by atoms with E-state index in [1.165, 1.54) is 0 Å². The zero-order valence-electron chi connectivity index (χ0n) is 22.4. The lowest BCUT2D eigenvalue weighted by atomic mass is 10.1. The SMILES string of the molecule is CCO[C@H](c1ncc(C)cn1)[C@@H](C)S(=O)(=O)Cc1nnc(-c2cncc(C)c2)n1-c1c(C)cccc1OC. The molecule has 0 spiro atoms. The number of aryl methyl sites for hydroxylation is 3. The van der Waals surface area contributed by atoms with Crippen molar-refractivity contribution in [2.45, 2.75) is 51.7 Å². The molecule has 1 aromatic carbocycles. The summed E-state index contributed by atoms with van der Waals surface area (Å²) in [5, 5.41) is 7.81. The number of hydrogen-bond donors (Lipinski definition) is 0. The fourth-order valence-electron chi connectivity index (χ4n) is 4.24. The number of hydrogen-bond acceptors (Lipinski definition) is 9. The standard InChI is InChI=1S/C27H32N6O4S/c1-7-37-25(26-29-13-18(3)14-30-26)20(5)38(34,35)16-23-31-32-27(21-11-17(2)12-28-15-21)33(23)24-19(4)9-8-10-22(24)36-6/h8-15,20,25H,7,16H2,1-6H3/t20-,25+/m1/s1. The average Bonchev–Trinajstić information content (AvgIpc) is 3.29. The molecule has 10 nitrogen and oxygen atoms in total. The van der Waals surface area contributed by atoms with Gasteiger partial charge in [0, 0.05) is 37.0 Å². The molecule has 0 unspecified atom stereocenters. The second-order valence-corrected chi connectivity index (χ2v) is 11.5. The lowest BCUT2D eigenvalue weighted by molar-refractivity contribution is 0.0556. The van der Waals surface area contributed by atoms with E-state index in [0.29, 0.717) is 35.3 Å². The number of sulfone groups is 1. The lowest BCUT2D eigenvalue weighted by Crippen LogP contribution is -2.30. The molecule has 4 aromatic rings. The van der Waals surface area contributed by atoms with Crippen LogP contribution in [0.25, 0.3) is 17.1 Å². The highest BCUT2D eigenvalue weighted by atomic mass is 32.2. The van der Waals surface area contributed by atoms with Crippen LogP contribution in [0.1, 0.15) is 48.3 Å². The first-order valence-electron chi connectivity index (χ1n) is 12.3. The minimum Gasteiger partial charge on any atom is -0.495 e. The molecule has 0 radical (unpaired) electrons. The predicted octanol–water partition coefficient (Wildman–Crippen LogP) is 4.13. The maximum atomic E-state index is 13.8. The van der Waals surface area contributed by atoms with Crippen molar-refractivity contribution in [3.8, 4) is 22.8 Å². The first-order chi connectivity index (χ1) is 18.2. The summed E-state index contributed by atoms with van der Waals surface area (Å²) in [5.74, 6) is 1.23. The molecular weight excluding hydrogens is 504 g/mol. The number of ether oxygens (including phenoxy) is 2. The van der Waals surface area contributed by atoms with E-state index in [1.54, 1.807) is 43.4 Å². The summed E-state index contributed by atoms with van der Waals surface area (Å²) in [6.07, 6.45) is 5.88. The van der Waals surface area contributed by atoms with Crippen LogP contribution in [0.5, 0.6) is 5.75 Å². The van der Waals surface area contributed by atoms with E-state index < -0.39 is 21.2 Å². The molecule has 0 saturated heterocycles. The second-order valence-electron chi connectivity index (χ2n) is 9.16. The molecule has 11 heteroatoms. The van der Waals surface area contributed by atoms with Gasteiger partial charge in [-0.25, -0.2) is 18.4 Å². The third-order valence-electron chi connectivity index (χ3n) is 6.23. The number of benzene rings is 1. The minimum atomic E-state index is -3.82. The summed E-state index contributed by atoms with van der Waals surface area (Å²) in [7, 11) is -2.25. The summed E-state index contributed by atoms with van der Waals surface area (Å²) >= 11 is 0. The molecule has 0 aliphatic rings. The van der Waals surface area contributed by atoms with Crippen molar-refractivity contribution in [2.24, 2.45) is 0 Å². The molecule has 0 bridgehead atoms. The number of pyridine rings is 1. The van der Waals surface area contributed by atoms with Gasteiger partial charge in [0.25, 0.3) is 0 Å². The zero-order chi connectivity index (χ0) is 27.4. The maximum absolute atomic E-state index is 13.8. The van der Waals surface area contributed by atoms with Crippen molar-refractivity contribution < 1.29 is 17.9 Å². The van der Waals surface area contributed by atoms with E-state index in [9.17, 15) is 8.42 Å². The third kappa shape index (κ3) is 5.58. The van der Waals surface area contributed by atoms with Gasteiger partial charge in [0.2, 0.25) is 0 Å². The predicted molar refractivity (Wildman–Crippen MR) is 144 cm³/mol. The number of rotatable bonds is 10. The van der Waals surface area contributed by atoms with E-state index in [-0.39, 0.29) is 11.6 Å². The Morgan fingerprint density at radius 1 is 1.00 bits per heavy atom. The van der Waals surface area contributed by atoms with Gasteiger partial charge in [-0.15, -0.1) is 10.2 Å². The number of nitrogens with zero attached hydrogens (tertiary/aromatic N) is 6. The van der Waals surface area contributed by atoms with E-state index >= 15 is 0 Å².